The summed E-state index contributed by atoms with van der Waals surface area (Å²) in [6.07, 6.45) is 0. The van der Waals surface area contributed by atoms with E-state index < -0.39 is 0 Å². The Hall–Kier alpha value is -3.34. The van der Waals surface area contributed by atoms with Gasteiger partial charge in [0.25, 0.3) is 5.91 Å². The van der Waals surface area contributed by atoms with E-state index in [0.29, 0.717) is 27.9 Å². The van der Waals surface area contributed by atoms with Gasteiger partial charge in [0.05, 0.1) is 30.5 Å². The molecule has 0 aliphatic rings. The third-order valence-electron chi connectivity index (χ3n) is 4.63. The maximum absolute atomic E-state index is 12.7. The molecule has 2 aromatic heterocycles. The van der Waals surface area contributed by atoms with Crippen molar-refractivity contribution < 1.29 is 19.1 Å². The van der Waals surface area contributed by atoms with Crippen molar-refractivity contribution in [1.29, 1.82) is 0 Å². The summed E-state index contributed by atoms with van der Waals surface area (Å²) in [4.78, 5) is 31.5. The number of hydrogen-bond donors (Lipinski definition) is 2. The summed E-state index contributed by atoms with van der Waals surface area (Å²) >= 11 is 4.39. The van der Waals surface area contributed by atoms with Crippen LogP contribution in [0.2, 0.25) is 0 Å². The predicted octanol–water partition coefficient (Wildman–Crippen LogP) is 5.87. The highest BCUT2D eigenvalue weighted by molar-refractivity contribution is 8.00. The lowest BCUT2D eigenvalue weighted by Gasteiger charge is -2.10. The number of ether oxygens (including phenoxy) is 2. The van der Waals surface area contributed by atoms with Crippen molar-refractivity contribution >= 4 is 57.1 Å². The third kappa shape index (κ3) is 5.96. The van der Waals surface area contributed by atoms with E-state index in [2.05, 4.69) is 15.6 Å². The zero-order valence-electron chi connectivity index (χ0n) is 18.4. The summed E-state index contributed by atoms with van der Waals surface area (Å²) in [6.45, 7) is 0. The van der Waals surface area contributed by atoms with Gasteiger partial charge in [0.15, 0.2) is 16.6 Å². The highest BCUT2D eigenvalue weighted by atomic mass is 32.2. The summed E-state index contributed by atoms with van der Waals surface area (Å²) in [6, 6.07) is 16.3. The number of nitrogens with zero attached hydrogens (tertiary/aromatic N) is 1. The molecule has 2 aromatic carbocycles. The number of rotatable bonds is 9. The Labute approximate surface area is 209 Å². The molecule has 0 radical (unpaired) electrons. The molecule has 0 aliphatic heterocycles. The average Bonchev–Trinajstić information content (AvgIpc) is 3.55. The van der Waals surface area contributed by atoms with Crippen LogP contribution in [0.5, 0.6) is 11.5 Å². The Kier molecular flexibility index (Phi) is 7.84. The molecule has 2 heterocycles. The molecule has 2 amide bonds. The van der Waals surface area contributed by atoms with E-state index in [4.69, 9.17) is 9.47 Å². The lowest BCUT2D eigenvalue weighted by Crippen LogP contribution is -2.14. The molecule has 2 N–H and O–H groups in total. The predicted molar refractivity (Wildman–Crippen MR) is 139 cm³/mol. The van der Waals surface area contributed by atoms with Gasteiger partial charge in [-0.15, -0.1) is 34.4 Å². The monoisotopic (exact) mass is 511 g/mol. The van der Waals surface area contributed by atoms with Crippen LogP contribution in [0.15, 0.2) is 70.3 Å². The maximum Gasteiger partial charge on any atom is 0.255 e. The molecule has 7 nitrogen and oxygen atoms in total. The lowest BCUT2D eigenvalue weighted by molar-refractivity contribution is -0.113. The molecule has 0 unspecified atom stereocenters. The summed E-state index contributed by atoms with van der Waals surface area (Å²) in [5.41, 5.74) is 1.94. The van der Waals surface area contributed by atoms with E-state index >= 15 is 0 Å². The van der Waals surface area contributed by atoms with Gasteiger partial charge in [-0.3, -0.25) is 9.59 Å². The van der Waals surface area contributed by atoms with Gasteiger partial charge in [-0.2, -0.15) is 0 Å². The number of amides is 2. The van der Waals surface area contributed by atoms with E-state index in [-0.39, 0.29) is 17.6 Å². The topological polar surface area (TPSA) is 89.5 Å². The van der Waals surface area contributed by atoms with Gasteiger partial charge < -0.3 is 20.1 Å². The van der Waals surface area contributed by atoms with E-state index in [1.807, 2.05) is 41.1 Å². The number of carbonyl (C=O) groups is 2. The second-order valence-corrected chi connectivity index (χ2v) is 9.76. The van der Waals surface area contributed by atoms with Crippen LogP contribution in [0.4, 0.5) is 10.8 Å². The van der Waals surface area contributed by atoms with Crippen molar-refractivity contribution in [2.75, 3.05) is 30.6 Å². The summed E-state index contributed by atoms with van der Waals surface area (Å²) in [7, 11) is 3.06. The molecule has 4 aromatic rings. The molecule has 0 fully saturated rings. The molecule has 10 heteroatoms. The van der Waals surface area contributed by atoms with Crippen LogP contribution in [0.25, 0.3) is 10.6 Å². The smallest absolute Gasteiger partial charge is 0.255 e. The lowest BCUT2D eigenvalue weighted by atomic mass is 10.2. The highest BCUT2D eigenvalue weighted by Gasteiger charge is 2.12. The van der Waals surface area contributed by atoms with E-state index in [9.17, 15) is 9.59 Å². The van der Waals surface area contributed by atoms with E-state index in [1.165, 1.54) is 30.2 Å². The van der Waals surface area contributed by atoms with E-state index in [1.54, 1.807) is 42.7 Å². The van der Waals surface area contributed by atoms with Crippen molar-refractivity contribution in [3.05, 3.63) is 70.9 Å². The van der Waals surface area contributed by atoms with Crippen molar-refractivity contribution in [2.24, 2.45) is 0 Å². The quantitative estimate of drug-likeness (QED) is 0.273. The van der Waals surface area contributed by atoms with Crippen molar-refractivity contribution in [2.45, 2.75) is 4.90 Å². The number of nitrogens with one attached hydrogen (secondary N) is 2. The minimum atomic E-state index is -0.272. The molecule has 174 valence electrons. The van der Waals surface area contributed by atoms with Gasteiger partial charge in [0, 0.05) is 21.5 Å². The number of methoxy groups -OCH3 is 2. The van der Waals surface area contributed by atoms with Crippen LogP contribution < -0.4 is 20.1 Å². The highest BCUT2D eigenvalue weighted by Crippen LogP contribution is 2.30. The number of carbonyl (C=O) groups excluding carboxylic acids is 2. The van der Waals surface area contributed by atoms with Gasteiger partial charge in [0.2, 0.25) is 5.91 Å². The first-order valence-electron chi connectivity index (χ1n) is 10.1. The third-order valence-corrected chi connectivity index (χ3v) is 7.28. The minimum absolute atomic E-state index is 0.142. The van der Waals surface area contributed by atoms with Crippen LogP contribution in [-0.2, 0) is 4.79 Å². The van der Waals surface area contributed by atoms with Gasteiger partial charge >= 0.3 is 0 Å². The first kappa shape index (κ1) is 23.8. The largest absolute Gasteiger partial charge is 0.493 e. The molecule has 0 saturated carbocycles. The molecule has 0 aliphatic carbocycles. The Balaban J connectivity index is 1.33. The molecule has 0 atom stereocenters. The summed E-state index contributed by atoms with van der Waals surface area (Å²) < 4.78 is 10.5. The van der Waals surface area contributed by atoms with Crippen molar-refractivity contribution in [3.63, 3.8) is 0 Å². The van der Waals surface area contributed by atoms with Gasteiger partial charge in [-0.05, 0) is 47.8 Å². The molecule has 4 rings (SSSR count). The van der Waals surface area contributed by atoms with Crippen LogP contribution in [0.3, 0.4) is 0 Å². The second kappa shape index (κ2) is 11.2. The van der Waals surface area contributed by atoms with Crippen LogP contribution in [-0.4, -0.2) is 36.8 Å². The number of anilines is 2. The van der Waals surface area contributed by atoms with Gasteiger partial charge in [-0.1, -0.05) is 12.1 Å². The number of benzene rings is 2. The Morgan fingerprint density at radius 2 is 1.82 bits per heavy atom. The molecular formula is C24H21N3O4S3. The maximum atomic E-state index is 12.7. The number of thiophene rings is 1. The molecule has 34 heavy (non-hydrogen) atoms. The number of thioether (sulfide) groups is 1. The van der Waals surface area contributed by atoms with E-state index in [0.717, 1.165) is 15.5 Å². The average molecular weight is 512 g/mol. The first-order chi connectivity index (χ1) is 16.6. The van der Waals surface area contributed by atoms with Gasteiger partial charge in [-0.25, -0.2) is 4.98 Å². The fraction of sp³-hybridized carbons (Fsp3) is 0.125. The van der Waals surface area contributed by atoms with Crippen molar-refractivity contribution in [3.8, 4) is 22.1 Å². The number of hydrogen-bond acceptors (Lipinski definition) is 8. The number of thiazole rings is 1. The standard InChI is InChI=1S/C24H21N3O4S3/c1-30-19-9-8-15(11-20(19)31-2)23(29)25-16-5-3-6-17(12-16)33-14-22(28)27-24-26-18(13-34-24)21-7-4-10-32-21/h3-13H,14H2,1-2H3,(H,25,29)(H,26,27,28). The molecular weight excluding hydrogens is 490 g/mol. The summed E-state index contributed by atoms with van der Waals surface area (Å²) in [5, 5.41) is 10.2. The second-order valence-electron chi connectivity index (χ2n) is 6.90. The fourth-order valence-electron chi connectivity index (χ4n) is 3.02. The number of aromatic nitrogens is 1. The van der Waals surface area contributed by atoms with Crippen LogP contribution in [0.1, 0.15) is 10.4 Å². The Morgan fingerprint density at radius 1 is 0.971 bits per heavy atom. The Morgan fingerprint density at radius 3 is 2.59 bits per heavy atom. The molecule has 0 spiro atoms. The summed E-state index contributed by atoms with van der Waals surface area (Å²) in [5.74, 6) is 0.841. The zero-order valence-corrected chi connectivity index (χ0v) is 20.8. The SMILES string of the molecule is COc1ccc(C(=O)Nc2cccc(SCC(=O)Nc3nc(-c4cccs4)cs3)c2)cc1OC. The minimum Gasteiger partial charge on any atom is -0.493 e. The van der Waals surface area contributed by atoms with Crippen LogP contribution >= 0.6 is 34.4 Å². The van der Waals surface area contributed by atoms with Gasteiger partial charge in [0.1, 0.15) is 0 Å². The van der Waals surface area contributed by atoms with Crippen molar-refractivity contribution in [1.82, 2.24) is 4.98 Å². The first-order valence-corrected chi connectivity index (χ1v) is 12.9. The normalized spacial score (nSPS) is 10.5. The zero-order chi connectivity index (χ0) is 23.9. The fourth-order valence-corrected chi connectivity index (χ4v) is 5.26. The molecule has 0 bridgehead atoms. The van der Waals surface area contributed by atoms with Crippen LogP contribution in [0, 0.1) is 0 Å². The Bertz CT molecular complexity index is 1290. The molecule has 0 saturated heterocycles.